The minimum atomic E-state index is -0.00423. The molecule has 1 amide bonds. The van der Waals surface area contributed by atoms with Crippen molar-refractivity contribution in [3.8, 4) is 0 Å². The summed E-state index contributed by atoms with van der Waals surface area (Å²) in [5.74, 6) is 0.0345. The number of allylic oxidation sites excluding steroid dienone is 4. The van der Waals surface area contributed by atoms with Gasteiger partial charge in [0.15, 0.2) is 0 Å². The van der Waals surface area contributed by atoms with Gasteiger partial charge >= 0.3 is 0 Å². The van der Waals surface area contributed by atoms with Crippen molar-refractivity contribution in [3.63, 3.8) is 0 Å². The van der Waals surface area contributed by atoms with Crippen LogP contribution in [-0.4, -0.2) is 36.6 Å². The van der Waals surface area contributed by atoms with Gasteiger partial charge in [0.2, 0.25) is 5.91 Å². The highest BCUT2D eigenvalue weighted by Crippen LogP contribution is 2.13. The Bertz CT molecular complexity index is 442. The fourth-order valence-electron chi connectivity index (χ4n) is 2.58. The van der Waals surface area contributed by atoms with Crippen molar-refractivity contribution >= 4 is 5.91 Å². The Morgan fingerprint density at radius 3 is 2.38 bits per heavy atom. The van der Waals surface area contributed by atoms with E-state index in [4.69, 9.17) is 0 Å². The molecule has 0 aliphatic heterocycles. The lowest BCUT2D eigenvalue weighted by molar-refractivity contribution is -0.120. The van der Waals surface area contributed by atoms with Gasteiger partial charge in [0.1, 0.15) is 0 Å². The molecule has 0 rings (SSSR count). The lowest BCUT2D eigenvalue weighted by Gasteiger charge is -2.35. The van der Waals surface area contributed by atoms with Crippen LogP contribution in [0.2, 0.25) is 0 Å². The average Bonchev–Trinajstić information content (AvgIpc) is 2.42. The molecule has 4 nitrogen and oxygen atoms in total. The Hall–Kier alpha value is -1.39. The summed E-state index contributed by atoms with van der Waals surface area (Å²) in [6.45, 7) is 18.3. The van der Waals surface area contributed by atoms with E-state index in [9.17, 15) is 4.79 Å². The van der Waals surface area contributed by atoms with Gasteiger partial charge in [-0.05, 0) is 53.0 Å². The number of carbonyl (C=O) groups is 1. The first-order valence-corrected chi connectivity index (χ1v) is 8.84. The summed E-state index contributed by atoms with van der Waals surface area (Å²) in [5.41, 5.74) is 1.29. The zero-order valence-electron chi connectivity index (χ0n) is 16.5. The third kappa shape index (κ3) is 13.1. The summed E-state index contributed by atoms with van der Waals surface area (Å²) in [4.78, 5) is 11.8. The molecular weight excluding hydrogens is 298 g/mol. The molecule has 0 heterocycles. The second-order valence-electron chi connectivity index (χ2n) is 7.72. The Kier molecular flexibility index (Phi) is 10.6. The molecule has 0 unspecified atom stereocenters. The third-order valence-corrected chi connectivity index (χ3v) is 3.41. The molecule has 0 radical (unpaired) electrons. The van der Waals surface area contributed by atoms with Crippen LogP contribution in [0.1, 0.15) is 54.4 Å². The second-order valence-corrected chi connectivity index (χ2v) is 7.72. The zero-order chi connectivity index (χ0) is 18.6. The number of carbonyl (C=O) groups excluding carboxylic acids is 1. The summed E-state index contributed by atoms with van der Waals surface area (Å²) >= 11 is 0. The van der Waals surface area contributed by atoms with Crippen LogP contribution in [0, 0.1) is 0 Å². The molecule has 4 heteroatoms. The molecule has 0 aliphatic rings. The van der Waals surface area contributed by atoms with Crippen molar-refractivity contribution in [1.29, 1.82) is 0 Å². The molecule has 0 fully saturated rings. The minimum Gasteiger partial charge on any atom is -0.355 e. The zero-order valence-corrected chi connectivity index (χ0v) is 16.5. The van der Waals surface area contributed by atoms with Crippen LogP contribution in [-0.2, 0) is 4.79 Å². The van der Waals surface area contributed by atoms with E-state index in [0.29, 0.717) is 19.6 Å². The standard InChI is InChI=1S/C20H37N3O/c1-8-11-17(9-2)12-10-14-21-16-18(24)22-15-13-20(6,7)23-19(3,4)5/h8,10-12,21,23H,1,9,13-16H2,2-7H3,(H,22,24)/b12-10-,17-11-. The van der Waals surface area contributed by atoms with Crippen LogP contribution in [0.4, 0.5) is 0 Å². The van der Waals surface area contributed by atoms with Gasteiger partial charge < -0.3 is 16.0 Å². The van der Waals surface area contributed by atoms with Crippen molar-refractivity contribution in [2.75, 3.05) is 19.6 Å². The Morgan fingerprint density at radius 2 is 1.83 bits per heavy atom. The SMILES string of the molecule is C=C/C=C(\C=C/CNCC(=O)NCCC(C)(C)NC(C)(C)C)CC. The monoisotopic (exact) mass is 335 g/mol. The highest BCUT2D eigenvalue weighted by molar-refractivity contribution is 5.77. The van der Waals surface area contributed by atoms with Crippen LogP contribution in [0.15, 0.2) is 36.5 Å². The maximum absolute atomic E-state index is 11.8. The molecule has 3 N–H and O–H groups in total. The molecule has 0 saturated carbocycles. The summed E-state index contributed by atoms with van der Waals surface area (Å²) in [5, 5.41) is 9.66. The van der Waals surface area contributed by atoms with Gasteiger partial charge in [0.25, 0.3) is 0 Å². The molecule has 0 spiro atoms. The summed E-state index contributed by atoms with van der Waals surface area (Å²) < 4.78 is 0. The lowest BCUT2D eigenvalue weighted by atomic mass is 9.95. The molecule has 0 aromatic carbocycles. The third-order valence-electron chi connectivity index (χ3n) is 3.41. The maximum atomic E-state index is 11.8. The van der Waals surface area contributed by atoms with Crippen LogP contribution < -0.4 is 16.0 Å². The first-order chi connectivity index (χ1) is 11.1. The van der Waals surface area contributed by atoms with Crippen LogP contribution >= 0.6 is 0 Å². The van der Waals surface area contributed by atoms with Crippen LogP contribution in [0.5, 0.6) is 0 Å². The largest absolute Gasteiger partial charge is 0.355 e. The van der Waals surface area contributed by atoms with Gasteiger partial charge in [-0.3, -0.25) is 4.79 Å². The highest BCUT2D eigenvalue weighted by Gasteiger charge is 2.23. The topological polar surface area (TPSA) is 53.2 Å². The van der Waals surface area contributed by atoms with Gasteiger partial charge in [-0.25, -0.2) is 0 Å². The predicted molar refractivity (Wildman–Crippen MR) is 105 cm³/mol. The van der Waals surface area contributed by atoms with Gasteiger partial charge in [0.05, 0.1) is 6.54 Å². The molecule has 0 aromatic rings. The van der Waals surface area contributed by atoms with Crippen LogP contribution in [0.3, 0.4) is 0 Å². The summed E-state index contributed by atoms with van der Waals surface area (Å²) in [6, 6.07) is 0. The molecule has 0 atom stereocenters. The van der Waals surface area contributed by atoms with E-state index < -0.39 is 0 Å². The molecule has 24 heavy (non-hydrogen) atoms. The normalized spacial score (nSPS) is 13.3. The molecular formula is C20H37N3O. The number of hydrogen-bond donors (Lipinski definition) is 3. The summed E-state index contributed by atoms with van der Waals surface area (Å²) in [7, 11) is 0. The molecule has 0 bridgehead atoms. The smallest absolute Gasteiger partial charge is 0.233 e. The quantitative estimate of drug-likeness (QED) is 0.401. The van der Waals surface area contributed by atoms with Crippen molar-refractivity contribution in [3.05, 3.63) is 36.5 Å². The minimum absolute atomic E-state index is 0.00423. The molecule has 0 aliphatic carbocycles. The Balaban J connectivity index is 3.94. The van der Waals surface area contributed by atoms with Crippen molar-refractivity contribution < 1.29 is 4.79 Å². The van der Waals surface area contributed by atoms with E-state index in [2.05, 4.69) is 70.1 Å². The number of rotatable bonds is 11. The van der Waals surface area contributed by atoms with E-state index in [1.165, 1.54) is 5.57 Å². The highest BCUT2D eigenvalue weighted by atomic mass is 16.1. The lowest BCUT2D eigenvalue weighted by Crippen LogP contribution is -2.51. The van der Waals surface area contributed by atoms with Crippen molar-refractivity contribution in [1.82, 2.24) is 16.0 Å². The molecule has 0 saturated heterocycles. The van der Waals surface area contributed by atoms with Crippen LogP contribution in [0.25, 0.3) is 0 Å². The fraction of sp³-hybridized carbons (Fsp3) is 0.650. The Morgan fingerprint density at radius 1 is 1.17 bits per heavy atom. The first kappa shape index (κ1) is 22.6. The van der Waals surface area contributed by atoms with Crippen molar-refractivity contribution in [2.24, 2.45) is 0 Å². The van der Waals surface area contributed by atoms with E-state index >= 15 is 0 Å². The average molecular weight is 336 g/mol. The van der Waals surface area contributed by atoms with Gasteiger partial charge in [0, 0.05) is 24.2 Å². The number of hydrogen-bond acceptors (Lipinski definition) is 3. The van der Waals surface area contributed by atoms with E-state index in [0.717, 1.165) is 12.8 Å². The van der Waals surface area contributed by atoms with Crippen molar-refractivity contribution in [2.45, 2.75) is 65.5 Å². The van der Waals surface area contributed by atoms with E-state index in [1.54, 1.807) is 6.08 Å². The number of amides is 1. The van der Waals surface area contributed by atoms with E-state index in [-0.39, 0.29) is 17.0 Å². The number of nitrogens with one attached hydrogen (secondary N) is 3. The second kappa shape index (κ2) is 11.2. The molecule has 138 valence electrons. The van der Waals surface area contributed by atoms with Gasteiger partial charge in [-0.1, -0.05) is 37.8 Å². The predicted octanol–water partition coefficient (Wildman–Crippen LogP) is 3.33. The summed E-state index contributed by atoms with van der Waals surface area (Å²) in [6.07, 6.45) is 9.75. The van der Waals surface area contributed by atoms with Gasteiger partial charge in [-0.2, -0.15) is 0 Å². The Labute approximate surface area is 148 Å². The first-order valence-electron chi connectivity index (χ1n) is 8.84. The fourth-order valence-corrected chi connectivity index (χ4v) is 2.58. The van der Waals surface area contributed by atoms with E-state index in [1.807, 2.05) is 12.2 Å². The molecule has 0 aromatic heterocycles. The maximum Gasteiger partial charge on any atom is 0.233 e. The van der Waals surface area contributed by atoms with Gasteiger partial charge in [-0.15, -0.1) is 0 Å².